The number of ether oxygens (including phenoxy) is 1. The Hall–Kier alpha value is -2.14. The van der Waals surface area contributed by atoms with E-state index in [1.807, 2.05) is 52.0 Å². The first-order valence-electron chi connectivity index (χ1n) is 7.76. The molecule has 0 radical (unpaired) electrons. The van der Waals surface area contributed by atoms with E-state index in [1.165, 1.54) is 0 Å². The first-order valence-corrected chi connectivity index (χ1v) is 7.76. The molecular formula is C18H25N3O2. The van der Waals surface area contributed by atoms with Crippen LogP contribution in [-0.2, 0) is 10.2 Å². The molecule has 0 saturated heterocycles. The first kappa shape index (κ1) is 17.2. The molecular weight excluding hydrogens is 290 g/mol. The van der Waals surface area contributed by atoms with Crippen molar-refractivity contribution in [3.63, 3.8) is 0 Å². The number of nitrogens with two attached hydrogens (primary N) is 1. The average Bonchev–Trinajstić information content (AvgIpc) is 2.50. The number of nitrogens with one attached hydrogen (secondary N) is 1. The van der Waals surface area contributed by atoms with Crippen molar-refractivity contribution in [2.45, 2.75) is 38.7 Å². The molecule has 3 N–H and O–H groups in total. The van der Waals surface area contributed by atoms with Gasteiger partial charge in [-0.3, -0.25) is 4.98 Å². The Balaban J connectivity index is 2.16. The predicted octanol–water partition coefficient (Wildman–Crippen LogP) is 2.98. The highest BCUT2D eigenvalue weighted by Gasteiger charge is 2.27. The van der Waals surface area contributed by atoms with Crippen LogP contribution in [0.4, 0.5) is 4.79 Å². The molecule has 1 heterocycles. The molecule has 5 nitrogen and oxygen atoms in total. The molecule has 1 unspecified atom stereocenters. The Morgan fingerprint density at radius 1 is 1.26 bits per heavy atom. The van der Waals surface area contributed by atoms with E-state index < -0.39 is 11.7 Å². The van der Waals surface area contributed by atoms with Gasteiger partial charge in [-0.2, -0.15) is 0 Å². The Morgan fingerprint density at radius 3 is 2.65 bits per heavy atom. The van der Waals surface area contributed by atoms with E-state index in [0.717, 1.165) is 16.5 Å². The lowest BCUT2D eigenvalue weighted by atomic mass is 9.82. The van der Waals surface area contributed by atoms with E-state index in [-0.39, 0.29) is 5.41 Å². The van der Waals surface area contributed by atoms with Crippen LogP contribution in [0.1, 0.15) is 33.3 Å². The smallest absolute Gasteiger partial charge is 0.407 e. The van der Waals surface area contributed by atoms with Crippen LogP contribution in [0, 0.1) is 0 Å². The molecule has 0 aliphatic rings. The van der Waals surface area contributed by atoms with Crippen LogP contribution >= 0.6 is 0 Å². The molecule has 23 heavy (non-hydrogen) atoms. The number of carbonyl (C=O) groups is 1. The summed E-state index contributed by atoms with van der Waals surface area (Å²) in [7, 11) is 0. The lowest BCUT2D eigenvalue weighted by molar-refractivity contribution is 0.0516. The lowest BCUT2D eigenvalue weighted by Gasteiger charge is -2.30. The molecule has 0 fully saturated rings. The van der Waals surface area contributed by atoms with Gasteiger partial charge in [0.25, 0.3) is 0 Å². The quantitative estimate of drug-likeness (QED) is 0.909. The number of alkyl carbamates (subject to hydrolysis) is 1. The molecule has 2 aromatic rings. The lowest BCUT2D eigenvalue weighted by Crippen LogP contribution is -2.45. The summed E-state index contributed by atoms with van der Waals surface area (Å²) in [5.41, 5.74) is 7.11. The molecule has 0 spiro atoms. The van der Waals surface area contributed by atoms with Gasteiger partial charge in [0.2, 0.25) is 0 Å². The van der Waals surface area contributed by atoms with Gasteiger partial charge in [-0.1, -0.05) is 19.1 Å². The van der Waals surface area contributed by atoms with Crippen LogP contribution in [0.3, 0.4) is 0 Å². The number of pyridine rings is 1. The largest absolute Gasteiger partial charge is 0.444 e. The second-order valence-corrected chi connectivity index (χ2v) is 7.03. The molecule has 1 atom stereocenters. The molecule has 0 bridgehead atoms. The molecule has 2 rings (SSSR count). The summed E-state index contributed by atoms with van der Waals surface area (Å²) in [5, 5.41) is 3.88. The minimum Gasteiger partial charge on any atom is -0.444 e. The molecule has 0 aliphatic heterocycles. The fourth-order valence-corrected chi connectivity index (χ4v) is 2.32. The molecule has 5 heteroatoms. The van der Waals surface area contributed by atoms with Crippen molar-refractivity contribution >= 4 is 17.0 Å². The molecule has 1 amide bonds. The molecule has 1 aromatic heterocycles. The van der Waals surface area contributed by atoms with E-state index in [0.29, 0.717) is 13.1 Å². The summed E-state index contributed by atoms with van der Waals surface area (Å²) in [6.45, 7) is 8.36. The number of benzene rings is 1. The van der Waals surface area contributed by atoms with Crippen LogP contribution in [0.15, 0.2) is 36.5 Å². The van der Waals surface area contributed by atoms with Gasteiger partial charge in [0.05, 0.1) is 5.52 Å². The van der Waals surface area contributed by atoms with Crippen LogP contribution in [0.5, 0.6) is 0 Å². The van der Waals surface area contributed by atoms with Crippen molar-refractivity contribution in [3.05, 3.63) is 42.1 Å². The summed E-state index contributed by atoms with van der Waals surface area (Å²) >= 11 is 0. The van der Waals surface area contributed by atoms with Gasteiger partial charge < -0.3 is 15.8 Å². The van der Waals surface area contributed by atoms with Gasteiger partial charge in [0.1, 0.15) is 5.60 Å². The fraction of sp³-hybridized carbons (Fsp3) is 0.444. The van der Waals surface area contributed by atoms with Crippen LogP contribution in [-0.4, -0.2) is 29.8 Å². The zero-order chi connectivity index (χ0) is 17.1. The third kappa shape index (κ3) is 4.42. The number of hydrogen-bond acceptors (Lipinski definition) is 4. The minimum atomic E-state index is -0.516. The summed E-state index contributed by atoms with van der Waals surface area (Å²) in [6.07, 6.45) is 1.34. The fourth-order valence-electron chi connectivity index (χ4n) is 2.32. The van der Waals surface area contributed by atoms with Gasteiger partial charge >= 0.3 is 6.09 Å². The summed E-state index contributed by atoms with van der Waals surface area (Å²) < 4.78 is 5.28. The van der Waals surface area contributed by atoms with E-state index in [9.17, 15) is 4.79 Å². The van der Waals surface area contributed by atoms with E-state index in [4.69, 9.17) is 10.5 Å². The van der Waals surface area contributed by atoms with Crippen molar-refractivity contribution in [1.29, 1.82) is 0 Å². The van der Waals surface area contributed by atoms with E-state index >= 15 is 0 Å². The third-order valence-electron chi connectivity index (χ3n) is 3.77. The monoisotopic (exact) mass is 315 g/mol. The van der Waals surface area contributed by atoms with Crippen molar-refractivity contribution in [2.75, 3.05) is 13.1 Å². The van der Waals surface area contributed by atoms with E-state index in [1.54, 1.807) is 6.20 Å². The molecule has 124 valence electrons. The standard InChI is InChI=1S/C18H25N3O2/c1-17(2,3)23-16(22)21-12-18(4,11-19)14-7-8-15-13(10-14)6-5-9-20-15/h5-10H,11-12,19H2,1-4H3,(H,21,22). The average molecular weight is 315 g/mol. The Bertz CT molecular complexity index is 694. The number of fused-ring (bicyclic) bond motifs is 1. The number of hydrogen-bond donors (Lipinski definition) is 2. The van der Waals surface area contributed by atoms with Gasteiger partial charge in [-0.15, -0.1) is 0 Å². The normalized spacial score (nSPS) is 14.3. The first-order chi connectivity index (χ1) is 10.7. The van der Waals surface area contributed by atoms with Gasteiger partial charge in [-0.25, -0.2) is 4.79 Å². The highest BCUT2D eigenvalue weighted by atomic mass is 16.6. The van der Waals surface area contributed by atoms with Gasteiger partial charge in [0, 0.05) is 30.1 Å². The highest BCUT2D eigenvalue weighted by Crippen LogP contribution is 2.25. The highest BCUT2D eigenvalue weighted by molar-refractivity contribution is 5.79. The number of aromatic nitrogens is 1. The molecule has 0 aliphatic carbocycles. The zero-order valence-corrected chi connectivity index (χ0v) is 14.2. The van der Waals surface area contributed by atoms with Crippen LogP contribution in [0.25, 0.3) is 10.9 Å². The van der Waals surface area contributed by atoms with E-state index in [2.05, 4.69) is 16.4 Å². The van der Waals surface area contributed by atoms with Crippen LogP contribution < -0.4 is 11.1 Å². The van der Waals surface area contributed by atoms with Crippen molar-refractivity contribution in [2.24, 2.45) is 5.73 Å². The number of nitrogens with zero attached hydrogens (tertiary/aromatic N) is 1. The third-order valence-corrected chi connectivity index (χ3v) is 3.77. The number of rotatable bonds is 4. The Morgan fingerprint density at radius 2 is 2.00 bits per heavy atom. The minimum absolute atomic E-state index is 0.374. The maximum absolute atomic E-state index is 11.9. The zero-order valence-electron chi connectivity index (χ0n) is 14.2. The van der Waals surface area contributed by atoms with Gasteiger partial charge in [-0.05, 0) is 44.5 Å². The van der Waals surface area contributed by atoms with Gasteiger partial charge in [0.15, 0.2) is 0 Å². The Kier molecular flexibility index (Phi) is 4.90. The summed E-state index contributed by atoms with van der Waals surface area (Å²) in [5.74, 6) is 0. The maximum Gasteiger partial charge on any atom is 0.407 e. The molecule has 1 aromatic carbocycles. The Labute approximate surface area is 137 Å². The van der Waals surface area contributed by atoms with Crippen LogP contribution in [0.2, 0.25) is 0 Å². The van der Waals surface area contributed by atoms with Crippen molar-refractivity contribution < 1.29 is 9.53 Å². The SMILES string of the molecule is CC(C)(C)OC(=O)NCC(C)(CN)c1ccc2ncccc2c1. The van der Waals surface area contributed by atoms with Crippen molar-refractivity contribution in [3.8, 4) is 0 Å². The van der Waals surface area contributed by atoms with Crippen molar-refractivity contribution in [1.82, 2.24) is 10.3 Å². The summed E-state index contributed by atoms with van der Waals surface area (Å²) in [4.78, 5) is 16.2. The maximum atomic E-state index is 11.9. The number of carbonyl (C=O) groups excluding carboxylic acids is 1. The second-order valence-electron chi connectivity index (χ2n) is 7.03. The number of amides is 1. The topological polar surface area (TPSA) is 77.2 Å². The summed E-state index contributed by atoms with van der Waals surface area (Å²) in [6, 6.07) is 9.99. The molecule has 0 saturated carbocycles. The second kappa shape index (κ2) is 6.54. The predicted molar refractivity (Wildman–Crippen MR) is 92.4 cm³/mol.